The summed E-state index contributed by atoms with van der Waals surface area (Å²) in [7, 11) is 1.65. The van der Waals surface area contributed by atoms with E-state index in [4.69, 9.17) is 9.39 Å². The lowest BCUT2D eigenvalue weighted by molar-refractivity contribution is -0.0893. The number of aliphatic hydroxyl groups is 1. The Labute approximate surface area is 152 Å². The normalized spacial score (nSPS) is 12.7. The number of alkyl carbamates (subject to hydrolysis) is 1. The van der Waals surface area contributed by atoms with Crippen molar-refractivity contribution in [2.45, 2.75) is 78.7 Å². The maximum atomic E-state index is 11.7. The zero-order valence-electron chi connectivity index (χ0n) is 16.7. The molecule has 5 nitrogen and oxygen atoms in total. The van der Waals surface area contributed by atoms with Crippen LogP contribution in [-0.4, -0.2) is 35.5 Å². The van der Waals surface area contributed by atoms with Crippen LogP contribution in [0.25, 0.3) is 0 Å². The molecule has 139 valence electrons. The van der Waals surface area contributed by atoms with E-state index >= 15 is 0 Å². The molecule has 1 aromatic carbocycles. The number of nitrogens with one attached hydrogen (secondary N) is 1. The molecule has 1 aromatic rings. The van der Waals surface area contributed by atoms with Gasteiger partial charge in [-0.3, -0.25) is 0 Å². The van der Waals surface area contributed by atoms with Gasteiger partial charge in [0.2, 0.25) is 0 Å². The van der Waals surface area contributed by atoms with Crippen molar-refractivity contribution >= 4 is 19.0 Å². The van der Waals surface area contributed by atoms with Gasteiger partial charge in [0.05, 0.1) is 11.2 Å². The summed E-state index contributed by atoms with van der Waals surface area (Å²) in [5, 5.41) is 12.9. The Balaban J connectivity index is 2.64. The molecule has 1 amide bonds. The van der Waals surface area contributed by atoms with Gasteiger partial charge in [-0.25, -0.2) is 4.79 Å². The minimum atomic E-state index is -0.962. The lowest BCUT2D eigenvalue weighted by Gasteiger charge is -2.37. The zero-order chi connectivity index (χ0) is 19.5. The van der Waals surface area contributed by atoms with E-state index in [1.54, 1.807) is 21.3 Å². The molecule has 0 aromatic heterocycles. The van der Waals surface area contributed by atoms with E-state index in [2.05, 4.69) is 5.32 Å². The summed E-state index contributed by atoms with van der Waals surface area (Å²) < 4.78 is 11.0. The molecule has 0 saturated heterocycles. The molecule has 6 heteroatoms. The number of aryl methyl sites for hydroxylation is 1. The fraction of sp³-hybridized carbons (Fsp3) is 0.632. The van der Waals surface area contributed by atoms with Crippen LogP contribution in [0.4, 0.5) is 4.79 Å². The van der Waals surface area contributed by atoms with E-state index in [1.807, 2.05) is 59.7 Å². The first-order valence-electron chi connectivity index (χ1n) is 8.51. The molecule has 0 unspecified atom stereocenters. The molecule has 0 heterocycles. The van der Waals surface area contributed by atoms with Crippen LogP contribution in [0.2, 0.25) is 0 Å². The third-order valence-electron chi connectivity index (χ3n) is 4.15. The van der Waals surface area contributed by atoms with Crippen molar-refractivity contribution in [2.24, 2.45) is 0 Å². The summed E-state index contributed by atoms with van der Waals surface area (Å²) >= 11 is 0. The Kier molecular flexibility index (Phi) is 6.71. The first-order valence-corrected chi connectivity index (χ1v) is 8.51. The topological polar surface area (TPSA) is 67.8 Å². The lowest BCUT2D eigenvalue weighted by Crippen LogP contribution is -2.49. The van der Waals surface area contributed by atoms with Crippen molar-refractivity contribution < 1.29 is 19.3 Å². The van der Waals surface area contributed by atoms with Crippen LogP contribution in [0.3, 0.4) is 0 Å². The van der Waals surface area contributed by atoms with E-state index in [1.165, 1.54) is 0 Å². The van der Waals surface area contributed by atoms with Gasteiger partial charge < -0.3 is 19.8 Å². The molecule has 25 heavy (non-hydrogen) atoms. The third kappa shape index (κ3) is 7.08. The predicted octanol–water partition coefficient (Wildman–Crippen LogP) is 2.83. The number of hydrogen-bond donors (Lipinski definition) is 2. The van der Waals surface area contributed by atoms with Crippen LogP contribution in [0.15, 0.2) is 18.2 Å². The van der Waals surface area contributed by atoms with Crippen LogP contribution in [0.5, 0.6) is 0 Å². The number of hydrogen-bond acceptors (Lipinski definition) is 4. The first-order chi connectivity index (χ1) is 11.2. The van der Waals surface area contributed by atoms with Gasteiger partial charge in [-0.1, -0.05) is 23.7 Å². The summed E-state index contributed by atoms with van der Waals surface area (Å²) in [6, 6.07) is 5.84. The molecule has 0 atom stereocenters. The smallest absolute Gasteiger partial charge is 0.407 e. The quantitative estimate of drug-likeness (QED) is 0.776. The number of benzene rings is 1. The highest BCUT2D eigenvalue weighted by molar-refractivity contribution is 6.47. The van der Waals surface area contributed by atoms with Crippen molar-refractivity contribution in [2.75, 3.05) is 0 Å². The molecule has 1 rings (SSSR count). The van der Waals surface area contributed by atoms with Crippen molar-refractivity contribution in [1.82, 2.24) is 5.32 Å². The van der Waals surface area contributed by atoms with Gasteiger partial charge in [-0.2, -0.15) is 0 Å². The van der Waals surface area contributed by atoms with E-state index in [9.17, 15) is 9.90 Å². The second-order valence-corrected chi connectivity index (χ2v) is 8.35. The second-order valence-electron chi connectivity index (χ2n) is 8.35. The highest BCUT2D eigenvalue weighted by Crippen LogP contribution is 2.24. The zero-order valence-corrected chi connectivity index (χ0v) is 16.7. The lowest BCUT2D eigenvalue weighted by atomic mass is 9.81. The van der Waals surface area contributed by atoms with Gasteiger partial charge in [0, 0.05) is 6.54 Å². The van der Waals surface area contributed by atoms with Gasteiger partial charge >= 0.3 is 13.6 Å². The van der Waals surface area contributed by atoms with Crippen molar-refractivity contribution in [3.05, 3.63) is 29.3 Å². The molecule has 0 aliphatic rings. The van der Waals surface area contributed by atoms with Crippen molar-refractivity contribution in [3.63, 3.8) is 0 Å². The molecule has 0 bridgehead atoms. The molecule has 0 aliphatic heterocycles. The minimum absolute atomic E-state index is 0.400. The Morgan fingerprint density at radius 1 is 1.16 bits per heavy atom. The number of carbonyl (C=O) groups is 1. The number of rotatable bonds is 6. The highest BCUT2D eigenvalue weighted by Gasteiger charge is 2.35. The Hall–Kier alpha value is -1.53. The van der Waals surface area contributed by atoms with E-state index < -0.39 is 22.9 Å². The summed E-state index contributed by atoms with van der Waals surface area (Å²) in [4.78, 5) is 11.7. The predicted molar refractivity (Wildman–Crippen MR) is 101 cm³/mol. The standard InChI is InChI=1S/C19H31BNO4/c1-13-11-15(20-25-19(7,8)18(5,6)23)10-9-14(13)12-21-16(22)24-17(2,3)4/h9-11,23H,12H2,1-8H3,(H,21,22). The maximum absolute atomic E-state index is 11.7. The molecule has 0 fully saturated rings. The first kappa shape index (κ1) is 21.5. The van der Waals surface area contributed by atoms with Gasteiger partial charge in [-0.15, -0.1) is 0 Å². The SMILES string of the molecule is Cc1cc([B]OC(C)(C)C(C)(C)O)ccc1CNC(=O)OC(C)(C)C. The van der Waals surface area contributed by atoms with E-state index in [0.29, 0.717) is 6.54 Å². The summed E-state index contributed by atoms with van der Waals surface area (Å²) in [5.74, 6) is 0. The molecular weight excluding hydrogens is 317 g/mol. The Bertz CT molecular complexity index is 600. The van der Waals surface area contributed by atoms with Crippen molar-refractivity contribution in [1.29, 1.82) is 0 Å². The summed E-state index contributed by atoms with van der Waals surface area (Å²) in [5.41, 5.74) is 0.756. The van der Waals surface area contributed by atoms with Crippen LogP contribution in [-0.2, 0) is 15.9 Å². The molecule has 0 aliphatic carbocycles. The molecule has 1 radical (unpaired) electrons. The fourth-order valence-electron chi connectivity index (χ4n) is 1.83. The molecular formula is C19H31BNO4. The second kappa shape index (κ2) is 7.79. The number of carbonyl (C=O) groups excluding carboxylic acids is 1. The maximum Gasteiger partial charge on any atom is 0.407 e. The van der Waals surface area contributed by atoms with Crippen LogP contribution < -0.4 is 10.8 Å². The molecule has 2 N–H and O–H groups in total. The fourth-order valence-corrected chi connectivity index (χ4v) is 1.83. The number of ether oxygens (including phenoxy) is 1. The van der Waals surface area contributed by atoms with Crippen molar-refractivity contribution in [3.8, 4) is 0 Å². The summed E-state index contributed by atoms with van der Waals surface area (Å²) in [6.07, 6.45) is -0.433. The van der Waals surface area contributed by atoms with Gasteiger partial charge in [0.1, 0.15) is 5.60 Å². The molecule has 0 spiro atoms. The highest BCUT2D eigenvalue weighted by atomic mass is 16.6. The van der Waals surface area contributed by atoms with E-state index in [-0.39, 0.29) is 0 Å². The van der Waals surface area contributed by atoms with Crippen LogP contribution >= 0.6 is 0 Å². The van der Waals surface area contributed by atoms with Gasteiger partial charge in [0.25, 0.3) is 0 Å². The minimum Gasteiger partial charge on any atom is -0.444 e. The average Bonchev–Trinajstić information content (AvgIpc) is 2.41. The van der Waals surface area contributed by atoms with Gasteiger partial charge in [-0.05, 0) is 66.5 Å². The largest absolute Gasteiger partial charge is 0.444 e. The van der Waals surface area contributed by atoms with E-state index in [0.717, 1.165) is 16.6 Å². The monoisotopic (exact) mass is 348 g/mol. The molecule has 0 saturated carbocycles. The van der Waals surface area contributed by atoms with Crippen LogP contribution in [0, 0.1) is 6.92 Å². The summed E-state index contributed by atoms with van der Waals surface area (Å²) in [6.45, 7) is 15.0. The number of amides is 1. The Morgan fingerprint density at radius 3 is 2.24 bits per heavy atom. The Morgan fingerprint density at radius 2 is 1.76 bits per heavy atom. The average molecular weight is 348 g/mol. The van der Waals surface area contributed by atoms with Crippen LogP contribution in [0.1, 0.15) is 59.6 Å². The van der Waals surface area contributed by atoms with Gasteiger partial charge in [0.15, 0.2) is 0 Å². The third-order valence-corrected chi connectivity index (χ3v) is 4.15.